The lowest BCUT2D eigenvalue weighted by Crippen LogP contribution is -2.45. The van der Waals surface area contributed by atoms with Crippen molar-refractivity contribution >= 4 is 17.3 Å². The van der Waals surface area contributed by atoms with Gasteiger partial charge >= 0.3 is 0 Å². The van der Waals surface area contributed by atoms with Gasteiger partial charge in [-0.1, -0.05) is 31.2 Å². The van der Waals surface area contributed by atoms with Gasteiger partial charge in [0.2, 0.25) is 5.54 Å². The summed E-state index contributed by atoms with van der Waals surface area (Å²) in [6.07, 6.45) is 0.839. The molecule has 2 N–H and O–H groups in total. The van der Waals surface area contributed by atoms with E-state index in [1.54, 1.807) is 4.90 Å². The lowest BCUT2D eigenvalue weighted by molar-refractivity contribution is -0.120. The number of carbonyl (C=O) groups is 1. The first-order chi connectivity index (χ1) is 12.2. The monoisotopic (exact) mass is 332 g/mol. The van der Waals surface area contributed by atoms with Gasteiger partial charge in [0.1, 0.15) is 6.07 Å². The molecule has 0 unspecified atom stereocenters. The molecule has 0 saturated heterocycles. The molecule has 2 aromatic carbocycles. The quantitative estimate of drug-likeness (QED) is 0.903. The van der Waals surface area contributed by atoms with E-state index in [2.05, 4.69) is 22.8 Å². The van der Waals surface area contributed by atoms with E-state index in [9.17, 15) is 10.1 Å². The number of benzene rings is 2. The smallest absolute Gasteiger partial charge is 0.272 e. The van der Waals surface area contributed by atoms with Crippen molar-refractivity contribution in [2.45, 2.75) is 32.0 Å². The van der Waals surface area contributed by atoms with Crippen molar-refractivity contribution in [2.24, 2.45) is 0 Å². The zero-order chi connectivity index (χ0) is 17.4. The first-order valence-corrected chi connectivity index (χ1v) is 8.63. The Hall–Kier alpha value is -2.84. The number of fused-ring (bicyclic) bond motifs is 2. The fourth-order valence-corrected chi connectivity index (χ4v) is 3.74. The summed E-state index contributed by atoms with van der Waals surface area (Å²) < 4.78 is 0. The fraction of sp³-hybridized carbons (Fsp3) is 0.300. The summed E-state index contributed by atoms with van der Waals surface area (Å²) in [7, 11) is 0. The number of nitrogens with one attached hydrogen (secondary N) is 2. The minimum Gasteiger partial charge on any atom is -0.356 e. The molecule has 25 heavy (non-hydrogen) atoms. The van der Waals surface area contributed by atoms with Crippen LogP contribution in [0.4, 0.5) is 11.4 Å². The molecule has 0 radical (unpaired) electrons. The van der Waals surface area contributed by atoms with E-state index in [4.69, 9.17) is 0 Å². The third kappa shape index (κ3) is 2.30. The zero-order valence-corrected chi connectivity index (χ0v) is 14.2. The SMILES string of the molecule is CCCN1C(=O)[C@](C#N)(Nc2ccc3c(c2)CNC3)c2ccccc21. The Kier molecular flexibility index (Phi) is 3.70. The number of hydrogen-bond acceptors (Lipinski definition) is 4. The summed E-state index contributed by atoms with van der Waals surface area (Å²) in [5, 5.41) is 16.6. The molecule has 4 rings (SSSR count). The van der Waals surface area contributed by atoms with Gasteiger partial charge in [-0.2, -0.15) is 5.26 Å². The molecule has 0 saturated carbocycles. The van der Waals surface area contributed by atoms with Gasteiger partial charge in [0.25, 0.3) is 5.91 Å². The largest absolute Gasteiger partial charge is 0.356 e. The van der Waals surface area contributed by atoms with Crippen molar-refractivity contribution in [2.75, 3.05) is 16.8 Å². The lowest BCUT2D eigenvalue weighted by atomic mass is 9.92. The Morgan fingerprint density at radius 1 is 1.24 bits per heavy atom. The zero-order valence-electron chi connectivity index (χ0n) is 14.2. The van der Waals surface area contributed by atoms with Crippen LogP contribution in [0.3, 0.4) is 0 Å². The van der Waals surface area contributed by atoms with Crippen molar-refractivity contribution < 1.29 is 4.79 Å². The summed E-state index contributed by atoms with van der Waals surface area (Å²) in [4.78, 5) is 14.9. The summed E-state index contributed by atoms with van der Waals surface area (Å²) >= 11 is 0. The van der Waals surface area contributed by atoms with Crippen LogP contribution in [0.15, 0.2) is 42.5 Å². The highest BCUT2D eigenvalue weighted by Crippen LogP contribution is 2.42. The fourth-order valence-electron chi connectivity index (χ4n) is 3.74. The summed E-state index contributed by atoms with van der Waals surface area (Å²) in [5.41, 5.74) is 3.46. The minimum atomic E-state index is -1.37. The van der Waals surface area contributed by atoms with Gasteiger partial charge in [-0.25, -0.2) is 0 Å². The lowest BCUT2D eigenvalue weighted by Gasteiger charge is -2.24. The molecule has 126 valence electrons. The molecule has 2 heterocycles. The molecular weight excluding hydrogens is 312 g/mol. The Morgan fingerprint density at radius 3 is 2.84 bits per heavy atom. The van der Waals surface area contributed by atoms with Crippen LogP contribution in [0, 0.1) is 11.3 Å². The van der Waals surface area contributed by atoms with E-state index < -0.39 is 5.54 Å². The highest BCUT2D eigenvalue weighted by atomic mass is 16.2. The average Bonchev–Trinajstić information content (AvgIpc) is 3.19. The van der Waals surface area contributed by atoms with Gasteiger partial charge in [0.05, 0.1) is 5.69 Å². The molecule has 0 aromatic heterocycles. The predicted octanol–water partition coefficient (Wildman–Crippen LogP) is 2.88. The first-order valence-electron chi connectivity index (χ1n) is 8.63. The van der Waals surface area contributed by atoms with Crippen LogP contribution in [-0.2, 0) is 23.4 Å². The maximum Gasteiger partial charge on any atom is 0.272 e. The standard InChI is InChI=1S/C20H20N4O/c1-2-9-24-18-6-4-3-5-17(18)20(13-21,19(24)25)23-16-8-7-14-11-22-12-15(14)10-16/h3-8,10,22-23H,2,9,11-12H2,1H3/t20-/m1/s1. The highest BCUT2D eigenvalue weighted by molar-refractivity contribution is 6.11. The first kappa shape index (κ1) is 15.7. The summed E-state index contributed by atoms with van der Waals surface area (Å²) in [6, 6.07) is 15.9. The number of nitriles is 1. The van der Waals surface area contributed by atoms with E-state index in [-0.39, 0.29) is 5.91 Å². The molecule has 2 aromatic rings. The van der Waals surface area contributed by atoms with Crippen LogP contribution in [-0.4, -0.2) is 12.5 Å². The van der Waals surface area contributed by atoms with Crippen LogP contribution in [0.2, 0.25) is 0 Å². The van der Waals surface area contributed by atoms with E-state index in [1.807, 2.05) is 43.3 Å². The number of hydrogen-bond donors (Lipinski definition) is 2. The average molecular weight is 332 g/mol. The molecule has 1 atom stereocenters. The molecule has 0 bridgehead atoms. The highest BCUT2D eigenvalue weighted by Gasteiger charge is 2.51. The molecule has 5 nitrogen and oxygen atoms in total. The molecule has 0 spiro atoms. The number of anilines is 2. The second-order valence-corrected chi connectivity index (χ2v) is 6.55. The Bertz CT molecular complexity index is 886. The molecule has 5 heteroatoms. The van der Waals surface area contributed by atoms with E-state index in [1.165, 1.54) is 11.1 Å². The van der Waals surface area contributed by atoms with Gasteiger partial charge in [0, 0.05) is 30.9 Å². The second kappa shape index (κ2) is 5.91. The van der Waals surface area contributed by atoms with Crippen LogP contribution in [0.1, 0.15) is 30.0 Å². The third-order valence-electron chi connectivity index (χ3n) is 4.95. The van der Waals surface area contributed by atoms with Crippen LogP contribution >= 0.6 is 0 Å². The molecule has 2 aliphatic rings. The van der Waals surface area contributed by atoms with Gasteiger partial charge in [-0.3, -0.25) is 4.79 Å². The molecular formula is C20H20N4O. The van der Waals surface area contributed by atoms with Gasteiger partial charge < -0.3 is 15.5 Å². The Labute approximate surface area is 147 Å². The van der Waals surface area contributed by atoms with Crippen molar-refractivity contribution in [3.63, 3.8) is 0 Å². The normalized spacial score (nSPS) is 21.0. The van der Waals surface area contributed by atoms with Gasteiger partial charge in [0.15, 0.2) is 0 Å². The van der Waals surface area contributed by atoms with Crippen molar-refractivity contribution in [3.8, 4) is 6.07 Å². The molecule has 0 fully saturated rings. The number of amides is 1. The van der Waals surface area contributed by atoms with Crippen LogP contribution < -0.4 is 15.5 Å². The van der Waals surface area contributed by atoms with E-state index in [0.29, 0.717) is 6.54 Å². The molecule has 0 aliphatic carbocycles. The van der Waals surface area contributed by atoms with Gasteiger partial charge in [-0.15, -0.1) is 0 Å². The van der Waals surface area contributed by atoms with E-state index in [0.717, 1.165) is 36.4 Å². The molecule has 2 aliphatic heterocycles. The summed E-state index contributed by atoms with van der Waals surface area (Å²) in [6.45, 7) is 4.32. The maximum absolute atomic E-state index is 13.2. The Balaban J connectivity index is 1.78. The summed E-state index contributed by atoms with van der Waals surface area (Å²) in [5.74, 6) is -0.198. The predicted molar refractivity (Wildman–Crippen MR) is 97.0 cm³/mol. The van der Waals surface area contributed by atoms with Crippen molar-refractivity contribution in [3.05, 3.63) is 59.2 Å². The topological polar surface area (TPSA) is 68.2 Å². The Morgan fingerprint density at radius 2 is 2.04 bits per heavy atom. The van der Waals surface area contributed by atoms with E-state index >= 15 is 0 Å². The second-order valence-electron chi connectivity index (χ2n) is 6.55. The minimum absolute atomic E-state index is 0.198. The third-order valence-corrected chi connectivity index (χ3v) is 4.95. The number of rotatable bonds is 4. The van der Waals surface area contributed by atoms with Crippen molar-refractivity contribution in [1.82, 2.24) is 5.32 Å². The van der Waals surface area contributed by atoms with Crippen LogP contribution in [0.5, 0.6) is 0 Å². The number of carbonyl (C=O) groups excluding carboxylic acids is 1. The number of nitrogens with zero attached hydrogens (tertiary/aromatic N) is 2. The van der Waals surface area contributed by atoms with Gasteiger partial charge in [-0.05, 0) is 35.7 Å². The molecule has 1 amide bonds. The van der Waals surface area contributed by atoms with Crippen LogP contribution in [0.25, 0.3) is 0 Å². The maximum atomic E-state index is 13.2. The number of para-hydroxylation sites is 1. The van der Waals surface area contributed by atoms with Crippen molar-refractivity contribution in [1.29, 1.82) is 5.26 Å².